The van der Waals surface area contributed by atoms with Crippen LogP contribution in [0.5, 0.6) is 0 Å². The predicted octanol–water partition coefficient (Wildman–Crippen LogP) is 2.04. The van der Waals surface area contributed by atoms with Crippen molar-refractivity contribution in [3.8, 4) is 0 Å². The van der Waals surface area contributed by atoms with E-state index in [2.05, 4.69) is 18.8 Å². The average Bonchev–Trinajstić information content (AvgIpc) is 2.88. The molecule has 0 radical (unpaired) electrons. The molecular formula is C13H22N2O4S. The van der Waals surface area contributed by atoms with Crippen molar-refractivity contribution >= 4 is 16.0 Å². The number of unbranched alkanes of at least 4 members (excludes halogenated alkanes) is 1. The van der Waals surface area contributed by atoms with Gasteiger partial charge in [-0.05, 0) is 18.4 Å². The first-order valence-electron chi connectivity index (χ1n) is 6.76. The number of aromatic amines is 1. The van der Waals surface area contributed by atoms with Crippen LogP contribution in [0.3, 0.4) is 0 Å². The molecule has 3 N–H and O–H groups in total. The van der Waals surface area contributed by atoms with Gasteiger partial charge in [-0.15, -0.1) is 0 Å². The number of nitrogens with one attached hydrogen (secondary N) is 1. The molecule has 1 rings (SSSR count). The van der Waals surface area contributed by atoms with Crippen LogP contribution in [0.25, 0.3) is 0 Å². The number of rotatable bonds is 8. The van der Waals surface area contributed by atoms with E-state index in [4.69, 9.17) is 9.88 Å². The molecule has 1 heterocycles. The van der Waals surface area contributed by atoms with Crippen molar-refractivity contribution in [1.29, 1.82) is 0 Å². The SMILES string of the molecule is CCCCC(CC)COC(=O)c1cc(S(N)(=O)=O)c[nH]1. The molecule has 6 nitrogen and oxygen atoms in total. The standard InChI is InChI=1S/C13H22N2O4S/c1-3-5-6-10(4-2)9-19-13(16)12-7-11(8-15-12)20(14,17)18/h7-8,10,15H,3-6,9H2,1-2H3,(H2,14,17,18). The van der Waals surface area contributed by atoms with Crippen molar-refractivity contribution in [2.45, 2.75) is 44.4 Å². The number of aromatic nitrogens is 1. The Morgan fingerprint density at radius 2 is 2.15 bits per heavy atom. The summed E-state index contributed by atoms with van der Waals surface area (Å²) < 4.78 is 27.4. The van der Waals surface area contributed by atoms with Crippen molar-refractivity contribution in [2.24, 2.45) is 11.1 Å². The first-order chi connectivity index (χ1) is 9.38. The number of esters is 1. The zero-order chi connectivity index (χ0) is 15.2. The monoisotopic (exact) mass is 302 g/mol. The zero-order valence-electron chi connectivity index (χ0n) is 11.9. The lowest BCUT2D eigenvalue weighted by Crippen LogP contribution is -2.14. The molecule has 0 spiro atoms. The number of ether oxygens (including phenoxy) is 1. The summed E-state index contributed by atoms with van der Waals surface area (Å²) in [6.07, 6.45) is 5.36. The Balaban J connectivity index is 2.56. The van der Waals surface area contributed by atoms with Crippen molar-refractivity contribution in [3.05, 3.63) is 18.0 Å². The molecule has 20 heavy (non-hydrogen) atoms. The summed E-state index contributed by atoms with van der Waals surface area (Å²) in [6, 6.07) is 1.19. The van der Waals surface area contributed by atoms with Gasteiger partial charge in [0.15, 0.2) is 0 Å². The second-order valence-corrected chi connectivity index (χ2v) is 6.37. The third-order valence-corrected chi connectivity index (χ3v) is 4.09. The molecule has 0 bridgehead atoms. The topological polar surface area (TPSA) is 102 Å². The molecule has 1 unspecified atom stereocenters. The molecule has 0 saturated carbocycles. The minimum Gasteiger partial charge on any atom is -0.461 e. The second-order valence-electron chi connectivity index (χ2n) is 4.81. The lowest BCUT2D eigenvalue weighted by atomic mass is 10.0. The predicted molar refractivity (Wildman–Crippen MR) is 75.8 cm³/mol. The van der Waals surface area contributed by atoms with Gasteiger partial charge in [0.2, 0.25) is 10.0 Å². The smallest absolute Gasteiger partial charge is 0.354 e. The maximum atomic E-state index is 11.8. The Bertz CT molecular complexity index is 536. The molecular weight excluding hydrogens is 280 g/mol. The van der Waals surface area contributed by atoms with Crippen LogP contribution in [-0.4, -0.2) is 26.0 Å². The summed E-state index contributed by atoms with van der Waals surface area (Å²) in [5.74, 6) is -0.221. The summed E-state index contributed by atoms with van der Waals surface area (Å²) in [7, 11) is -3.80. The molecule has 1 atom stereocenters. The Morgan fingerprint density at radius 3 is 2.65 bits per heavy atom. The molecule has 0 amide bonds. The molecule has 7 heteroatoms. The highest BCUT2D eigenvalue weighted by atomic mass is 32.2. The fraction of sp³-hybridized carbons (Fsp3) is 0.615. The van der Waals surface area contributed by atoms with E-state index in [9.17, 15) is 13.2 Å². The lowest BCUT2D eigenvalue weighted by Gasteiger charge is -2.14. The van der Waals surface area contributed by atoms with E-state index >= 15 is 0 Å². The first kappa shape index (κ1) is 16.7. The van der Waals surface area contributed by atoms with Gasteiger partial charge in [0, 0.05) is 6.20 Å². The number of carbonyl (C=O) groups excluding carboxylic acids is 1. The highest BCUT2D eigenvalue weighted by molar-refractivity contribution is 7.89. The van der Waals surface area contributed by atoms with E-state index in [1.807, 2.05) is 0 Å². The van der Waals surface area contributed by atoms with E-state index < -0.39 is 16.0 Å². The number of nitrogens with two attached hydrogens (primary N) is 1. The highest BCUT2D eigenvalue weighted by Gasteiger charge is 2.17. The molecule has 114 valence electrons. The fourth-order valence-corrected chi connectivity index (χ4v) is 2.33. The zero-order valence-corrected chi connectivity index (χ0v) is 12.7. The van der Waals surface area contributed by atoms with Crippen LogP contribution >= 0.6 is 0 Å². The Morgan fingerprint density at radius 1 is 1.45 bits per heavy atom. The largest absolute Gasteiger partial charge is 0.461 e. The molecule has 0 aliphatic carbocycles. The summed E-state index contributed by atoms with van der Waals surface area (Å²) in [6.45, 7) is 4.52. The maximum absolute atomic E-state index is 11.8. The number of H-pyrrole nitrogens is 1. The van der Waals surface area contributed by atoms with Gasteiger partial charge in [-0.25, -0.2) is 18.4 Å². The molecule has 0 aromatic carbocycles. The summed E-state index contributed by atoms with van der Waals surface area (Å²) in [5, 5.41) is 4.97. The first-order valence-corrected chi connectivity index (χ1v) is 8.31. The van der Waals surface area contributed by atoms with Gasteiger partial charge < -0.3 is 9.72 Å². The Kier molecular flexibility index (Phi) is 6.22. The number of primary sulfonamides is 1. The van der Waals surface area contributed by atoms with Crippen molar-refractivity contribution in [2.75, 3.05) is 6.61 Å². The molecule has 0 aliphatic heterocycles. The van der Waals surface area contributed by atoms with Gasteiger partial charge in [-0.2, -0.15) is 0 Å². The van der Waals surface area contributed by atoms with Crippen LogP contribution < -0.4 is 5.14 Å². The van der Waals surface area contributed by atoms with E-state index in [1.54, 1.807) is 0 Å². The Hall–Kier alpha value is -1.34. The third-order valence-electron chi connectivity index (χ3n) is 3.20. The second kappa shape index (κ2) is 7.44. The highest BCUT2D eigenvalue weighted by Crippen LogP contribution is 2.15. The fourth-order valence-electron chi connectivity index (χ4n) is 1.83. The summed E-state index contributed by atoms with van der Waals surface area (Å²) in [5.41, 5.74) is 0.0966. The summed E-state index contributed by atoms with van der Waals surface area (Å²) in [4.78, 5) is 14.2. The number of sulfonamides is 1. The molecule has 1 aromatic rings. The van der Waals surface area contributed by atoms with E-state index in [1.165, 1.54) is 12.3 Å². The van der Waals surface area contributed by atoms with E-state index in [-0.39, 0.29) is 10.6 Å². The van der Waals surface area contributed by atoms with Crippen molar-refractivity contribution in [1.82, 2.24) is 4.98 Å². The molecule has 0 saturated heterocycles. The minimum atomic E-state index is -3.80. The quantitative estimate of drug-likeness (QED) is 0.717. The van der Waals surface area contributed by atoms with Gasteiger partial charge in [0.05, 0.1) is 6.61 Å². The van der Waals surface area contributed by atoms with Crippen LogP contribution in [-0.2, 0) is 14.8 Å². The average molecular weight is 302 g/mol. The van der Waals surface area contributed by atoms with Crippen LogP contribution in [0.4, 0.5) is 0 Å². The number of carbonyl (C=O) groups is 1. The van der Waals surface area contributed by atoms with E-state index in [0.29, 0.717) is 12.5 Å². The van der Waals surface area contributed by atoms with Crippen LogP contribution in [0.15, 0.2) is 17.2 Å². The van der Waals surface area contributed by atoms with E-state index in [0.717, 1.165) is 25.7 Å². The van der Waals surface area contributed by atoms with Crippen molar-refractivity contribution in [3.63, 3.8) is 0 Å². The Labute approximate surface area is 119 Å². The van der Waals surface area contributed by atoms with Crippen LogP contribution in [0.1, 0.15) is 50.0 Å². The van der Waals surface area contributed by atoms with Gasteiger partial charge in [-0.3, -0.25) is 0 Å². The maximum Gasteiger partial charge on any atom is 0.354 e. The number of hydrogen-bond acceptors (Lipinski definition) is 4. The van der Waals surface area contributed by atoms with Gasteiger partial charge >= 0.3 is 5.97 Å². The van der Waals surface area contributed by atoms with Crippen LogP contribution in [0, 0.1) is 5.92 Å². The molecule has 0 fully saturated rings. The third kappa shape index (κ3) is 4.97. The van der Waals surface area contributed by atoms with Crippen LogP contribution in [0.2, 0.25) is 0 Å². The van der Waals surface area contributed by atoms with Gasteiger partial charge in [-0.1, -0.05) is 33.1 Å². The van der Waals surface area contributed by atoms with Gasteiger partial charge in [0.25, 0.3) is 0 Å². The number of hydrogen-bond donors (Lipinski definition) is 2. The lowest BCUT2D eigenvalue weighted by molar-refractivity contribution is 0.0422. The normalized spacial score (nSPS) is 13.2. The van der Waals surface area contributed by atoms with Crippen molar-refractivity contribution < 1.29 is 17.9 Å². The molecule has 1 aromatic heterocycles. The minimum absolute atomic E-state index is 0.0966. The molecule has 0 aliphatic rings. The summed E-state index contributed by atoms with van der Waals surface area (Å²) >= 11 is 0. The van der Waals surface area contributed by atoms with Gasteiger partial charge in [0.1, 0.15) is 10.6 Å².